The van der Waals surface area contributed by atoms with Gasteiger partial charge in [0.2, 0.25) is 0 Å². The number of carboxylic acids is 1. The van der Waals surface area contributed by atoms with Crippen LogP contribution in [0.4, 0.5) is 0 Å². The molecule has 1 aliphatic heterocycles. The highest BCUT2D eigenvalue weighted by Gasteiger charge is 2.46. The Balaban J connectivity index is 1.93. The van der Waals surface area contributed by atoms with Gasteiger partial charge in [0.15, 0.2) is 0 Å². The highest BCUT2D eigenvalue weighted by atomic mass is 16.4. The van der Waals surface area contributed by atoms with Gasteiger partial charge in [-0.05, 0) is 57.9 Å². The van der Waals surface area contributed by atoms with Gasteiger partial charge < -0.3 is 10.8 Å². The maximum atomic E-state index is 11.4. The molecule has 4 atom stereocenters. The molecule has 0 aromatic rings. The topological polar surface area (TPSA) is 66.6 Å². The van der Waals surface area contributed by atoms with Crippen LogP contribution >= 0.6 is 0 Å². The second-order valence-corrected chi connectivity index (χ2v) is 6.45. The molecule has 1 saturated carbocycles. The van der Waals surface area contributed by atoms with Gasteiger partial charge in [0.25, 0.3) is 0 Å². The lowest BCUT2D eigenvalue weighted by Gasteiger charge is -2.32. The SMILES string of the molecule is CCC1CCC(C)N1CCC1CCCC1(N)C(=O)O. The van der Waals surface area contributed by atoms with Gasteiger partial charge in [0.1, 0.15) is 5.54 Å². The third-order valence-corrected chi connectivity index (χ3v) is 5.43. The zero-order chi connectivity index (χ0) is 14.0. The first-order valence-electron chi connectivity index (χ1n) is 7.77. The number of nitrogens with zero attached hydrogens (tertiary/aromatic N) is 1. The predicted octanol–water partition coefficient (Wildman–Crippen LogP) is 2.22. The van der Waals surface area contributed by atoms with Gasteiger partial charge in [0, 0.05) is 12.1 Å². The Morgan fingerprint density at radius 2 is 2.16 bits per heavy atom. The van der Waals surface area contributed by atoms with E-state index in [4.69, 9.17) is 5.73 Å². The molecule has 4 nitrogen and oxygen atoms in total. The molecule has 2 aliphatic rings. The van der Waals surface area contributed by atoms with E-state index >= 15 is 0 Å². The molecule has 0 radical (unpaired) electrons. The van der Waals surface area contributed by atoms with Crippen LogP contribution in [0, 0.1) is 5.92 Å². The van der Waals surface area contributed by atoms with Crippen LogP contribution in [0.5, 0.6) is 0 Å². The lowest BCUT2D eigenvalue weighted by molar-refractivity contribution is -0.144. The molecule has 2 rings (SSSR count). The molecule has 3 N–H and O–H groups in total. The quantitative estimate of drug-likeness (QED) is 0.802. The van der Waals surface area contributed by atoms with Crippen molar-refractivity contribution in [3.05, 3.63) is 0 Å². The molecular formula is C15H28N2O2. The van der Waals surface area contributed by atoms with Crippen molar-refractivity contribution in [3.8, 4) is 0 Å². The molecule has 4 unspecified atom stereocenters. The van der Waals surface area contributed by atoms with E-state index < -0.39 is 11.5 Å². The number of carbonyl (C=O) groups is 1. The summed E-state index contributed by atoms with van der Waals surface area (Å²) in [5.41, 5.74) is 5.15. The highest BCUT2D eigenvalue weighted by Crippen LogP contribution is 2.37. The summed E-state index contributed by atoms with van der Waals surface area (Å²) in [7, 11) is 0. The van der Waals surface area contributed by atoms with Crippen molar-refractivity contribution in [2.24, 2.45) is 11.7 Å². The summed E-state index contributed by atoms with van der Waals surface area (Å²) < 4.78 is 0. The Morgan fingerprint density at radius 3 is 2.79 bits per heavy atom. The molecule has 110 valence electrons. The number of hydrogen-bond donors (Lipinski definition) is 2. The summed E-state index contributed by atoms with van der Waals surface area (Å²) in [5, 5.41) is 9.35. The largest absolute Gasteiger partial charge is 0.480 e. The summed E-state index contributed by atoms with van der Waals surface area (Å²) in [6.45, 7) is 5.55. The number of carboxylic acid groups (broad SMARTS) is 1. The van der Waals surface area contributed by atoms with E-state index in [0.29, 0.717) is 18.5 Å². The number of nitrogens with two attached hydrogens (primary N) is 1. The monoisotopic (exact) mass is 268 g/mol. The number of hydrogen-bond acceptors (Lipinski definition) is 3. The van der Waals surface area contributed by atoms with Crippen LogP contribution in [0.2, 0.25) is 0 Å². The van der Waals surface area contributed by atoms with Crippen LogP contribution in [0.3, 0.4) is 0 Å². The fourth-order valence-corrected chi connectivity index (χ4v) is 4.06. The summed E-state index contributed by atoms with van der Waals surface area (Å²) in [4.78, 5) is 13.9. The normalized spacial score (nSPS) is 39.8. The van der Waals surface area contributed by atoms with Gasteiger partial charge >= 0.3 is 5.97 Å². The van der Waals surface area contributed by atoms with Crippen LogP contribution in [0.15, 0.2) is 0 Å². The lowest BCUT2D eigenvalue weighted by Crippen LogP contribution is -2.51. The van der Waals surface area contributed by atoms with E-state index in [1.807, 2.05) is 0 Å². The van der Waals surface area contributed by atoms with E-state index in [0.717, 1.165) is 25.8 Å². The van der Waals surface area contributed by atoms with Crippen LogP contribution in [-0.2, 0) is 4.79 Å². The van der Waals surface area contributed by atoms with Crippen molar-refractivity contribution in [1.82, 2.24) is 4.90 Å². The highest BCUT2D eigenvalue weighted by molar-refractivity contribution is 5.79. The van der Waals surface area contributed by atoms with Crippen LogP contribution in [0.1, 0.15) is 58.8 Å². The molecule has 0 bridgehead atoms. The number of rotatable bonds is 5. The molecule has 2 fully saturated rings. The second-order valence-electron chi connectivity index (χ2n) is 6.45. The third-order valence-electron chi connectivity index (χ3n) is 5.43. The smallest absolute Gasteiger partial charge is 0.323 e. The fraction of sp³-hybridized carbons (Fsp3) is 0.933. The maximum absolute atomic E-state index is 11.4. The molecule has 0 amide bonds. The maximum Gasteiger partial charge on any atom is 0.323 e. The average molecular weight is 268 g/mol. The minimum atomic E-state index is -0.968. The lowest BCUT2D eigenvalue weighted by atomic mass is 9.85. The van der Waals surface area contributed by atoms with E-state index in [-0.39, 0.29) is 5.92 Å². The van der Waals surface area contributed by atoms with Crippen molar-refractivity contribution >= 4 is 5.97 Å². The van der Waals surface area contributed by atoms with Crippen molar-refractivity contribution in [2.75, 3.05) is 6.54 Å². The molecular weight excluding hydrogens is 240 g/mol. The van der Waals surface area contributed by atoms with Gasteiger partial charge in [-0.3, -0.25) is 9.69 Å². The summed E-state index contributed by atoms with van der Waals surface area (Å²) in [6, 6.07) is 1.33. The predicted molar refractivity (Wildman–Crippen MR) is 76.0 cm³/mol. The number of likely N-dealkylation sites (tertiary alicyclic amines) is 1. The van der Waals surface area contributed by atoms with Crippen LogP contribution in [-0.4, -0.2) is 40.1 Å². The molecule has 19 heavy (non-hydrogen) atoms. The minimum Gasteiger partial charge on any atom is -0.480 e. The zero-order valence-corrected chi connectivity index (χ0v) is 12.3. The van der Waals surface area contributed by atoms with Gasteiger partial charge in [-0.15, -0.1) is 0 Å². The Morgan fingerprint density at radius 1 is 1.42 bits per heavy atom. The van der Waals surface area contributed by atoms with E-state index in [9.17, 15) is 9.90 Å². The summed E-state index contributed by atoms with van der Waals surface area (Å²) >= 11 is 0. The number of aliphatic carboxylic acids is 1. The summed E-state index contributed by atoms with van der Waals surface area (Å²) in [6.07, 6.45) is 7.26. The standard InChI is InChI=1S/C15H28N2O2/c1-3-13-7-6-11(2)17(13)10-8-12-5-4-9-15(12,16)14(18)19/h11-13H,3-10,16H2,1-2H3,(H,18,19). The van der Waals surface area contributed by atoms with Crippen molar-refractivity contribution < 1.29 is 9.90 Å². The Labute approximate surface area is 116 Å². The first kappa shape index (κ1) is 14.8. The van der Waals surface area contributed by atoms with Crippen LogP contribution in [0.25, 0.3) is 0 Å². The molecule has 0 aromatic carbocycles. The van der Waals surface area contributed by atoms with Crippen molar-refractivity contribution in [1.29, 1.82) is 0 Å². The van der Waals surface area contributed by atoms with E-state index in [1.165, 1.54) is 19.3 Å². The molecule has 0 spiro atoms. The van der Waals surface area contributed by atoms with Gasteiger partial charge in [-0.2, -0.15) is 0 Å². The average Bonchev–Trinajstić information content (AvgIpc) is 2.91. The Hall–Kier alpha value is -0.610. The molecule has 1 heterocycles. The summed E-state index contributed by atoms with van der Waals surface area (Å²) in [5.74, 6) is -0.660. The van der Waals surface area contributed by atoms with Gasteiger partial charge in [-0.1, -0.05) is 13.3 Å². The molecule has 1 aliphatic carbocycles. The Bertz CT molecular complexity index is 334. The Kier molecular flexibility index (Phi) is 4.51. The van der Waals surface area contributed by atoms with E-state index in [2.05, 4.69) is 18.7 Å². The fourth-order valence-electron chi connectivity index (χ4n) is 4.06. The minimum absolute atomic E-state index is 0.148. The molecule has 4 heteroatoms. The van der Waals surface area contributed by atoms with Crippen molar-refractivity contribution in [2.45, 2.75) is 76.4 Å². The van der Waals surface area contributed by atoms with Gasteiger partial charge in [-0.25, -0.2) is 0 Å². The van der Waals surface area contributed by atoms with Crippen LogP contribution < -0.4 is 5.73 Å². The third kappa shape index (κ3) is 2.79. The zero-order valence-electron chi connectivity index (χ0n) is 12.3. The van der Waals surface area contributed by atoms with E-state index in [1.54, 1.807) is 0 Å². The van der Waals surface area contributed by atoms with Crippen molar-refractivity contribution in [3.63, 3.8) is 0 Å². The molecule has 1 saturated heterocycles. The first-order chi connectivity index (χ1) is 8.99. The van der Waals surface area contributed by atoms with Gasteiger partial charge in [0.05, 0.1) is 0 Å². The first-order valence-corrected chi connectivity index (χ1v) is 7.77. The molecule has 0 aromatic heterocycles. The second kappa shape index (κ2) is 5.80.